The van der Waals surface area contributed by atoms with Crippen molar-refractivity contribution in [3.63, 3.8) is 0 Å². The lowest BCUT2D eigenvalue weighted by atomic mass is 10.1. The first kappa shape index (κ1) is 19.4. The van der Waals surface area contributed by atoms with Crippen LogP contribution in [-0.2, 0) is 6.42 Å². The maximum Gasteiger partial charge on any atom is 0.317 e. The molecule has 6 nitrogen and oxygen atoms in total. The fraction of sp³-hybridized carbons (Fsp3) is 0.450. The van der Waals surface area contributed by atoms with Crippen LogP contribution in [0.4, 0.5) is 4.79 Å². The molecular weight excluding hydrogens is 364 g/mol. The van der Waals surface area contributed by atoms with Crippen molar-refractivity contribution in [2.45, 2.75) is 25.3 Å². The Morgan fingerprint density at radius 2 is 2.00 bits per heavy atom. The zero-order valence-electron chi connectivity index (χ0n) is 16.0. The summed E-state index contributed by atoms with van der Waals surface area (Å²) >= 11 is 1.71. The number of hydrogen-bond donors (Lipinski definition) is 1. The average Bonchev–Trinajstić information content (AvgIpc) is 3.38. The number of benzene rings is 1. The Morgan fingerprint density at radius 1 is 1.19 bits per heavy atom. The van der Waals surface area contributed by atoms with Crippen molar-refractivity contribution in [1.82, 2.24) is 10.2 Å². The lowest BCUT2D eigenvalue weighted by molar-refractivity contribution is 0.194. The Balaban J connectivity index is 1.62. The van der Waals surface area contributed by atoms with Gasteiger partial charge in [-0.1, -0.05) is 12.1 Å². The van der Waals surface area contributed by atoms with Crippen molar-refractivity contribution >= 4 is 17.4 Å². The number of hydrogen-bond acceptors (Lipinski definition) is 5. The zero-order chi connectivity index (χ0) is 19.2. The van der Waals surface area contributed by atoms with Crippen LogP contribution in [0, 0.1) is 0 Å². The number of carbonyl (C=O) groups excluding carboxylic acids is 1. The van der Waals surface area contributed by atoms with Gasteiger partial charge in [0.2, 0.25) is 5.75 Å². The summed E-state index contributed by atoms with van der Waals surface area (Å²) in [5.74, 6) is 1.84. The van der Waals surface area contributed by atoms with E-state index in [1.807, 2.05) is 23.1 Å². The second kappa shape index (κ2) is 8.99. The summed E-state index contributed by atoms with van der Waals surface area (Å²) in [6.45, 7) is 1.33. The minimum Gasteiger partial charge on any atom is -0.493 e. The Bertz CT molecular complexity index is 764. The Kier molecular flexibility index (Phi) is 6.45. The Hall–Kier alpha value is -2.41. The van der Waals surface area contributed by atoms with Gasteiger partial charge in [-0.05, 0) is 36.8 Å². The lowest BCUT2D eigenvalue weighted by Crippen LogP contribution is -2.40. The minimum absolute atomic E-state index is 0.00894. The monoisotopic (exact) mass is 390 g/mol. The Morgan fingerprint density at radius 3 is 2.67 bits per heavy atom. The van der Waals surface area contributed by atoms with Crippen molar-refractivity contribution in [3.8, 4) is 17.2 Å². The molecule has 1 aliphatic rings. The number of ether oxygens (including phenoxy) is 3. The van der Waals surface area contributed by atoms with Gasteiger partial charge in [0, 0.05) is 23.5 Å². The van der Waals surface area contributed by atoms with Crippen molar-refractivity contribution in [2.75, 3.05) is 34.4 Å². The predicted molar refractivity (Wildman–Crippen MR) is 106 cm³/mol. The van der Waals surface area contributed by atoms with E-state index in [1.54, 1.807) is 32.7 Å². The molecule has 0 saturated carbocycles. The quantitative estimate of drug-likeness (QED) is 0.780. The molecule has 3 rings (SSSR count). The summed E-state index contributed by atoms with van der Waals surface area (Å²) < 4.78 is 16.2. The first-order valence-corrected chi connectivity index (χ1v) is 9.93. The fourth-order valence-electron chi connectivity index (χ4n) is 3.55. The van der Waals surface area contributed by atoms with Crippen LogP contribution in [-0.4, -0.2) is 45.3 Å². The van der Waals surface area contributed by atoms with E-state index in [2.05, 4.69) is 16.8 Å². The molecule has 7 heteroatoms. The molecule has 0 spiro atoms. The van der Waals surface area contributed by atoms with Crippen LogP contribution in [0.2, 0.25) is 0 Å². The highest BCUT2D eigenvalue weighted by Crippen LogP contribution is 2.40. The second-order valence-corrected chi connectivity index (χ2v) is 7.32. The van der Waals surface area contributed by atoms with Gasteiger partial charge in [0.25, 0.3) is 0 Å². The van der Waals surface area contributed by atoms with Crippen LogP contribution in [0.5, 0.6) is 17.2 Å². The SMILES string of the molecule is COc1ccc(CCNC(=O)N2CCCC2c2cccs2)c(OC)c1OC. The molecule has 2 aromatic rings. The van der Waals surface area contributed by atoms with E-state index in [-0.39, 0.29) is 12.1 Å². The van der Waals surface area contributed by atoms with Gasteiger partial charge in [-0.25, -0.2) is 4.79 Å². The predicted octanol–water partition coefficient (Wildman–Crippen LogP) is 3.86. The number of nitrogens with one attached hydrogen (secondary N) is 1. The first-order valence-electron chi connectivity index (χ1n) is 9.05. The highest BCUT2D eigenvalue weighted by molar-refractivity contribution is 7.10. The smallest absolute Gasteiger partial charge is 0.317 e. The standard InChI is InChI=1S/C20H26N2O4S/c1-24-16-9-8-14(18(25-2)19(16)26-3)10-11-21-20(23)22-12-4-6-15(22)17-7-5-13-27-17/h5,7-9,13,15H,4,6,10-12H2,1-3H3,(H,21,23). The van der Waals surface area contributed by atoms with Gasteiger partial charge in [0.1, 0.15) is 0 Å². The van der Waals surface area contributed by atoms with Gasteiger partial charge in [-0.15, -0.1) is 11.3 Å². The molecule has 2 amide bonds. The van der Waals surface area contributed by atoms with Gasteiger partial charge in [0.15, 0.2) is 11.5 Å². The Labute approximate surface area is 164 Å². The highest BCUT2D eigenvalue weighted by Gasteiger charge is 2.30. The number of nitrogens with zero attached hydrogens (tertiary/aromatic N) is 1. The summed E-state index contributed by atoms with van der Waals surface area (Å²) in [6.07, 6.45) is 2.71. The van der Waals surface area contributed by atoms with Crippen molar-refractivity contribution in [1.29, 1.82) is 0 Å². The van der Waals surface area contributed by atoms with E-state index in [0.717, 1.165) is 24.9 Å². The topological polar surface area (TPSA) is 60.0 Å². The van der Waals surface area contributed by atoms with Crippen LogP contribution in [0.15, 0.2) is 29.6 Å². The fourth-order valence-corrected chi connectivity index (χ4v) is 4.43. The van der Waals surface area contributed by atoms with E-state index in [9.17, 15) is 4.79 Å². The van der Waals surface area contributed by atoms with Gasteiger partial charge in [-0.2, -0.15) is 0 Å². The van der Waals surface area contributed by atoms with Crippen molar-refractivity contribution < 1.29 is 19.0 Å². The summed E-state index contributed by atoms with van der Waals surface area (Å²) in [4.78, 5) is 15.9. The molecule has 27 heavy (non-hydrogen) atoms. The van der Waals surface area contributed by atoms with Crippen molar-refractivity contribution in [3.05, 3.63) is 40.1 Å². The summed E-state index contributed by atoms with van der Waals surface area (Å²) in [7, 11) is 4.79. The van der Waals surface area contributed by atoms with E-state index >= 15 is 0 Å². The molecule has 1 aromatic carbocycles. The minimum atomic E-state index is -0.00894. The number of urea groups is 1. The first-order chi connectivity index (χ1) is 13.2. The number of amides is 2. The molecule has 1 unspecified atom stereocenters. The second-order valence-electron chi connectivity index (χ2n) is 6.34. The number of carbonyl (C=O) groups is 1. The number of thiophene rings is 1. The molecule has 1 aliphatic heterocycles. The molecule has 1 atom stereocenters. The molecular formula is C20H26N2O4S. The lowest BCUT2D eigenvalue weighted by Gasteiger charge is -2.24. The third kappa shape index (κ3) is 4.13. The van der Waals surface area contributed by atoms with E-state index in [4.69, 9.17) is 14.2 Å². The summed E-state index contributed by atoms with van der Waals surface area (Å²) in [6, 6.07) is 8.13. The van der Waals surface area contributed by atoms with Crippen LogP contribution in [0.3, 0.4) is 0 Å². The van der Waals surface area contributed by atoms with Gasteiger partial charge < -0.3 is 24.4 Å². The maximum atomic E-state index is 12.7. The van der Waals surface area contributed by atoms with Crippen LogP contribution in [0.1, 0.15) is 29.3 Å². The number of rotatable bonds is 7. The number of methoxy groups -OCH3 is 3. The summed E-state index contributed by atoms with van der Waals surface area (Å²) in [5.41, 5.74) is 0.965. The van der Waals surface area contributed by atoms with E-state index < -0.39 is 0 Å². The zero-order valence-corrected chi connectivity index (χ0v) is 16.8. The molecule has 146 valence electrons. The van der Waals surface area contributed by atoms with E-state index in [0.29, 0.717) is 30.2 Å². The highest BCUT2D eigenvalue weighted by atomic mass is 32.1. The maximum absolute atomic E-state index is 12.7. The third-order valence-corrected chi connectivity index (χ3v) is 5.82. The molecule has 1 saturated heterocycles. The van der Waals surface area contributed by atoms with Crippen molar-refractivity contribution in [2.24, 2.45) is 0 Å². The van der Waals surface area contributed by atoms with Crippen LogP contribution < -0.4 is 19.5 Å². The van der Waals surface area contributed by atoms with Gasteiger partial charge in [0.05, 0.1) is 27.4 Å². The third-order valence-electron chi connectivity index (χ3n) is 4.84. The van der Waals surface area contributed by atoms with Crippen LogP contribution in [0.25, 0.3) is 0 Å². The molecule has 0 radical (unpaired) electrons. The summed E-state index contributed by atoms with van der Waals surface area (Å²) in [5, 5.41) is 5.11. The molecule has 1 fully saturated rings. The van der Waals surface area contributed by atoms with Gasteiger partial charge in [-0.3, -0.25) is 0 Å². The molecule has 1 N–H and O–H groups in total. The van der Waals surface area contributed by atoms with Gasteiger partial charge >= 0.3 is 6.03 Å². The largest absolute Gasteiger partial charge is 0.493 e. The molecule has 0 bridgehead atoms. The molecule has 1 aromatic heterocycles. The average molecular weight is 391 g/mol. The normalized spacial score (nSPS) is 16.3. The molecule has 2 heterocycles. The number of likely N-dealkylation sites (tertiary alicyclic amines) is 1. The molecule has 0 aliphatic carbocycles. The van der Waals surface area contributed by atoms with Crippen LogP contribution >= 0.6 is 11.3 Å². The van der Waals surface area contributed by atoms with E-state index in [1.165, 1.54) is 4.88 Å².